The smallest absolute Gasteiger partial charge is 0.388 e. The van der Waals surface area contributed by atoms with Crippen molar-refractivity contribution in [2.45, 2.75) is 31.2 Å². The molecule has 0 bridgehead atoms. The summed E-state index contributed by atoms with van der Waals surface area (Å²) in [5.74, 6) is 0. The molecule has 1 aromatic carbocycles. The second-order valence-electron chi connectivity index (χ2n) is 8.38. The number of halogens is 4. The Labute approximate surface area is 196 Å². The molecule has 5 rings (SSSR count). The maximum Gasteiger partial charge on any atom is 0.419 e. The van der Waals surface area contributed by atoms with E-state index in [1.165, 1.54) is 17.0 Å². The van der Waals surface area contributed by atoms with Crippen LogP contribution in [-0.2, 0) is 12.7 Å². The third-order valence-corrected chi connectivity index (χ3v) is 6.28. The molecule has 1 aliphatic heterocycles. The lowest BCUT2D eigenvalue weighted by atomic mass is 9.92. The minimum atomic E-state index is -4.50. The molecule has 1 aliphatic rings. The van der Waals surface area contributed by atoms with E-state index in [2.05, 4.69) is 15.4 Å². The van der Waals surface area contributed by atoms with Gasteiger partial charge in [-0.25, -0.2) is 9.67 Å². The number of aliphatic hydroxyl groups is 1. The van der Waals surface area contributed by atoms with Crippen LogP contribution in [-0.4, -0.2) is 47.7 Å². The van der Waals surface area contributed by atoms with E-state index in [0.29, 0.717) is 43.0 Å². The number of alkyl halides is 3. The Kier molecular flexibility index (Phi) is 5.50. The maximum absolute atomic E-state index is 13.1. The van der Waals surface area contributed by atoms with Crippen LogP contribution in [0.3, 0.4) is 0 Å². The lowest BCUT2D eigenvalue weighted by molar-refractivity contribution is -0.137. The summed E-state index contributed by atoms with van der Waals surface area (Å²) >= 11 is 6.45. The van der Waals surface area contributed by atoms with Crippen molar-refractivity contribution in [2.75, 3.05) is 13.1 Å². The van der Waals surface area contributed by atoms with Gasteiger partial charge >= 0.3 is 6.18 Å². The predicted molar refractivity (Wildman–Crippen MR) is 120 cm³/mol. The van der Waals surface area contributed by atoms with Crippen LogP contribution in [0.15, 0.2) is 53.8 Å². The molecule has 1 saturated heterocycles. The van der Waals surface area contributed by atoms with Gasteiger partial charge in [0.05, 0.1) is 40.7 Å². The lowest BCUT2D eigenvalue weighted by Gasteiger charge is -2.32. The number of hydrogen-bond acceptors (Lipinski definition) is 5. The summed E-state index contributed by atoms with van der Waals surface area (Å²) in [6, 6.07) is 8.06. The van der Waals surface area contributed by atoms with Crippen LogP contribution >= 0.6 is 11.6 Å². The summed E-state index contributed by atoms with van der Waals surface area (Å²) in [6.45, 7) is 1.45. The first-order valence-corrected chi connectivity index (χ1v) is 10.9. The van der Waals surface area contributed by atoms with Crippen molar-refractivity contribution < 1.29 is 18.3 Å². The second-order valence-corrected chi connectivity index (χ2v) is 8.77. The normalized spacial score (nSPS) is 16.3. The van der Waals surface area contributed by atoms with Crippen molar-refractivity contribution >= 4 is 22.6 Å². The predicted octanol–water partition coefficient (Wildman–Crippen LogP) is 3.16. The van der Waals surface area contributed by atoms with Gasteiger partial charge in [-0.3, -0.25) is 13.9 Å². The van der Waals surface area contributed by atoms with Crippen LogP contribution in [0, 0.1) is 0 Å². The molecule has 2 N–H and O–H groups in total. The highest BCUT2D eigenvalue weighted by Crippen LogP contribution is 2.30. The quantitative estimate of drug-likeness (QED) is 0.457. The minimum Gasteiger partial charge on any atom is -0.388 e. The molecule has 0 unspecified atom stereocenters. The van der Waals surface area contributed by atoms with E-state index >= 15 is 0 Å². The van der Waals surface area contributed by atoms with Crippen LogP contribution in [0.2, 0.25) is 5.15 Å². The molecule has 0 amide bonds. The van der Waals surface area contributed by atoms with Gasteiger partial charge in [-0.1, -0.05) is 17.7 Å². The third-order valence-electron chi connectivity index (χ3n) is 6.00. The van der Waals surface area contributed by atoms with Crippen LogP contribution < -0.4 is 10.9 Å². The van der Waals surface area contributed by atoms with Gasteiger partial charge in [-0.05, 0) is 50.2 Å². The molecular formula is C22H20ClF3N6O2. The van der Waals surface area contributed by atoms with Gasteiger partial charge in [0.1, 0.15) is 11.5 Å². The Morgan fingerprint density at radius 2 is 1.91 bits per heavy atom. The molecule has 0 spiro atoms. The molecule has 1 fully saturated rings. The first kappa shape index (κ1) is 22.6. The van der Waals surface area contributed by atoms with Crippen LogP contribution in [0.25, 0.3) is 22.4 Å². The molecule has 4 aromatic rings. The highest BCUT2D eigenvalue weighted by Gasteiger charge is 2.32. The fraction of sp³-hybridized carbons (Fsp3) is 0.318. The average Bonchev–Trinajstić information content (AvgIpc) is 3.41. The van der Waals surface area contributed by atoms with Crippen molar-refractivity contribution in [1.82, 2.24) is 29.2 Å². The Morgan fingerprint density at radius 3 is 2.62 bits per heavy atom. The van der Waals surface area contributed by atoms with Crippen LogP contribution in [0.1, 0.15) is 18.4 Å². The highest BCUT2D eigenvalue weighted by molar-refractivity contribution is 6.31. The number of piperidine rings is 1. The first-order valence-electron chi connectivity index (χ1n) is 10.6. The number of hydrogen-bond donors (Lipinski definition) is 2. The molecule has 0 atom stereocenters. The summed E-state index contributed by atoms with van der Waals surface area (Å²) < 4.78 is 42.9. The average molecular weight is 493 g/mol. The van der Waals surface area contributed by atoms with Crippen LogP contribution in [0.4, 0.5) is 13.2 Å². The van der Waals surface area contributed by atoms with Crippen molar-refractivity contribution in [3.8, 4) is 11.4 Å². The zero-order valence-electron chi connectivity index (χ0n) is 17.8. The monoisotopic (exact) mass is 492 g/mol. The number of nitrogens with zero attached hydrogens (tertiary/aromatic N) is 5. The molecular weight excluding hydrogens is 473 g/mol. The Morgan fingerprint density at radius 1 is 1.18 bits per heavy atom. The van der Waals surface area contributed by atoms with Gasteiger partial charge in [-0.15, -0.1) is 0 Å². The highest BCUT2D eigenvalue weighted by atomic mass is 35.5. The minimum absolute atomic E-state index is 0.121. The van der Waals surface area contributed by atoms with E-state index < -0.39 is 17.3 Å². The van der Waals surface area contributed by atoms with Gasteiger partial charge < -0.3 is 10.4 Å². The number of benzene rings is 1. The maximum atomic E-state index is 13.1. The largest absolute Gasteiger partial charge is 0.419 e. The summed E-state index contributed by atoms with van der Waals surface area (Å²) in [5.41, 5.74) is -1.01. The molecule has 0 aliphatic carbocycles. The van der Waals surface area contributed by atoms with Crippen molar-refractivity contribution in [1.29, 1.82) is 0 Å². The summed E-state index contributed by atoms with van der Waals surface area (Å²) in [5, 5.41) is 18.3. The van der Waals surface area contributed by atoms with Crippen molar-refractivity contribution in [3.05, 3.63) is 70.1 Å². The molecule has 4 heterocycles. The van der Waals surface area contributed by atoms with Gasteiger partial charge in [0, 0.05) is 6.20 Å². The fourth-order valence-corrected chi connectivity index (χ4v) is 4.48. The fourth-order valence-electron chi connectivity index (χ4n) is 4.20. The van der Waals surface area contributed by atoms with E-state index in [9.17, 15) is 23.1 Å². The number of nitrogens with one attached hydrogen (secondary N) is 1. The number of aromatic nitrogens is 5. The lowest BCUT2D eigenvalue weighted by Crippen LogP contribution is -2.46. The number of rotatable bonds is 4. The van der Waals surface area contributed by atoms with E-state index in [1.807, 2.05) is 0 Å². The van der Waals surface area contributed by atoms with E-state index in [-0.39, 0.29) is 22.6 Å². The third kappa shape index (κ3) is 4.10. The van der Waals surface area contributed by atoms with E-state index in [1.54, 1.807) is 28.8 Å². The van der Waals surface area contributed by atoms with Crippen molar-refractivity contribution in [3.63, 3.8) is 0 Å². The van der Waals surface area contributed by atoms with Crippen molar-refractivity contribution in [2.24, 2.45) is 0 Å². The van der Waals surface area contributed by atoms with Gasteiger partial charge in [0.25, 0.3) is 5.56 Å². The van der Waals surface area contributed by atoms with Gasteiger partial charge in [0.15, 0.2) is 5.65 Å². The first-order chi connectivity index (χ1) is 16.1. The summed E-state index contributed by atoms with van der Waals surface area (Å²) in [6.07, 6.45) is -0.418. The summed E-state index contributed by atoms with van der Waals surface area (Å²) in [4.78, 5) is 17.5. The SMILES string of the molecule is O=c1c2cc(Cl)n(-c3cccc(-n4cc(C(F)(F)F)cn4)c3)c2ncn1CC1(O)CCNCC1. The molecule has 178 valence electrons. The number of fused-ring (bicyclic) bond motifs is 1. The summed E-state index contributed by atoms with van der Waals surface area (Å²) in [7, 11) is 0. The molecule has 12 heteroatoms. The zero-order chi connectivity index (χ0) is 24.1. The van der Waals surface area contributed by atoms with Gasteiger partial charge in [0.2, 0.25) is 0 Å². The Balaban J connectivity index is 1.53. The molecule has 8 nitrogen and oxygen atoms in total. The van der Waals surface area contributed by atoms with E-state index in [4.69, 9.17) is 11.6 Å². The zero-order valence-corrected chi connectivity index (χ0v) is 18.5. The van der Waals surface area contributed by atoms with Crippen LogP contribution in [0.5, 0.6) is 0 Å². The van der Waals surface area contributed by atoms with Gasteiger partial charge in [-0.2, -0.15) is 18.3 Å². The second kappa shape index (κ2) is 8.26. The molecule has 0 saturated carbocycles. The topological polar surface area (TPSA) is 89.9 Å². The Hall–Kier alpha value is -3.15. The molecule has 3 aromatic heterocycles. The molecule has 0 radical (unpaired) electrons. The molecule has 34 heavy (non-hydrogen) atoms. The van der Waals surface area contributed by atoms with E-state index in [0.717, 1.165) is 17.1 Å². The Bertz CT molecular complexity index is 1420. The standard InChI is InChI=1S/C22H20ClF3N6O2/c23-18-9-17-19(28-13-30(20(17)33)12-21(34)4-6-27-7-5-21)32(18)16-3-1-2-15(8-16)31-11-14(10-29-31)22(24,25)26/h1-3,8-11,13,27,34H,4-7,12H2.